The topological polar surface area (TPSA) is 97.2 Å². The van der Waals surface area contributed by atoms with Gasteiger partial charge >= 0.3 is 0 Å². The summed E-state index contributed by atoms with van der Waals surface area (Å²) in [6.45, 7) is 8.87. The first-order valence-corrected chi connectivity index (χ1v) is 11.6. The Labute approximate surface area is 170 Å². The lowest BCUT2D eigenvalue weighted by molar-refractivity contribution is -0.118. The molecular weight excluding hydrogens is 398 g/mol. The third kappa shape index (κ3) is 5.55. The molecule has 0 aliphatic carbocycles. The lowest BCUT2D eigenvalue weighted by atomic mass is 10.2. The van der Waals surface area contributed by atoms with Crippen molar-refractivity contribution in [2.75, 3.05) is 18.8 Å². The van der Waals surface area contributed by atoms with Crippen LogP contribution in [0.15, 0.2) is 40.6 Å². The molecule has 2 rings (SSSR count). The predicted octanol–water partition coefficient (Wildman–Crippen LogP) is 2.30. The number of sulfonamides is 1. The molecule has 0 saturated carbocycles. The number of thioether (sulfide) groups is 1. The van der Waals surface area contributed by atoms with Crippen molar-refractivity contribution in [3.8, 4) is 0 Å². The summed E-state index contributed by atoms with van der Waals surface area (Å²) in [5, 5.41) is 11.4. The van der Waals surface area contributed by atoms with E-state index in [0.717, 1.165) is 5.56 Å². The third-order valence-electron chi connectivity index (χ3n) is 4.19. The fourth-order valence-electron chi connectivity index (χ4n) is 2.56. The first kappa shape index (κ1) is 22.4. The Morgan fingerprint density at radius 3 is 2.43 bits per heavy atom. The van der Waals surface area contributed by atoms with E-state index in [4.69, 9.17) is 0 Å². The number of carbonyl (C=O) groups excluding carboxylic acids is 1. The van der Waals surface area contributed by atoms with E-state index in [9.17, 15) is 13.2 Å². The van der Waals surface area contributed by atoms with Gasteiger partial charge in [0.1, 0.15) is 6.33 Å². The molecule has 0 unspecified atom stereocenters. The number of rotatable bonds is 10. The molecule has 0 saturated heterocycles. The number of benzene rings is 1. The molecule has 1 aromatic carbocycles. The van der Waals surface area contributed by atoms with Crippen molar-refractivity contribution in [3.63, 3.8) is 0 Å². The Hall–Kier alpha value is -1.91. The van der Waals surface area contributed by atoms with E-state index in [-0.39, 0.29) is 22.6 Å². The molecular formula is C18H27N5O3S2. The van der Waals surface area contributed by atoms with E-state index in [1.54, 1.807) is 30.6 Å². The second kappa shape index (κ2) is 10.0. The van der Waals surface area contributed by atoms with Gasteiger partial charge in [-0.3, -0.25) is 4.79 Å². The van der Waals surface area contributed by atoms with Crippen LogP contribution in [0.5, 0.6) is 0 Å². The van der Waals surface area contributed by atoms with Crippen molar-refractivity contribution >= 4 is 27.7 Å². The van der Waals surface area contributed by atoms with Crippen LogP contribution in [-0.2, 0) is 21.4 Å². The van der Waals surface area contributed by atoms with Crippen LogP contribution in [0.4, 0.5) is 0 Å². The average Bonchev–Trinajstić information content (AvgIpc) is 3.15. The molecule has 0 spiro atoms. The zero-order valence-corrected chi connectivity index (χ0v) is 18.3. The SMILES string of the molecule is CCN(CC)S(=O)(=O)c1ccc(CNC(=O)CSc2nncn2C(C)C)cc1. The molecule has 1 amide bonds. The first-order chi connectivity index (χ1) is 13.3. The molecule has 8 nitrogen and oxygen atoms in total. The largest absolute Gasteiger partial charge is 0.351 e. The standard InChI is InChI=1S/C18H27N5O3S2/c1-5-22(6-2)28(25,26)16-9-7-15(8-10-16)11-19-17(24)12-27-18-21-20-13-23(18)14(3)4/h7-10,13-14H,5-6,11-12H2,1-4H3,(H,19,24). The summed E-state index contributed by atoms with van der Waals surface area (Å²) >= 11 is 1.33. The molecule has 10 heteroatoms. The lowest BCUT2D eigenvalue weighted by Crippen LogP contribution is -2.30. The number of aromatic nitrogens is 3. The van der Waals surface area contributed by atoms with Gasteiger partial charge in [0.15, 0.2) is 5.16 Å². The van der Waals surface area contributed by atoms with Gasteiger partial charge in [0.05, 0.1) is 10.6 Å². The van der Waals surface area contributed by atoms with Crippen LogP contribution in [0.2, 0.25) is 0 Å². The van der Waals surface area contributed by atoms with E-state index in [0.29, 0.717) is 24.8 Å². The maximum absolute atomic E-state index is 12.5. The number of nitrogens with zero attached hydrogens (tertiary/aromatic N) is 4. The first-order valence-electron chi connectivity index (χ1n) is 9.17. The Morgan fingerprint density at radius 2 is 1.86 bits per heavy atom. The number of nitrogens with one attached hydrogen (secondary N) is 1. The molecule has 0 aliphatic rings. The van der Waals surface area contributed by atoms with Gasteiger partial charge in [-0.1, -0.05) is 37.7 Å². The summed E-state index contributed by atoms with van der Waals surface area (Å²) in [6, 6.07) is 6.83. The molecule has 0 radical (unpaired) electrons. The number of hydrogen-bond donors (Lipinski definition) is 1. The van der Waals surface area contributed by atoms with Gasteiger partial charge in [0.25, 0.3) is 0 Å². The van der Waals surface area contributed by atoms with Crippen LogP contribution in [0.3, 0.4) is 0 Å². The van der Waals surface area contributed by atoms with Crippen molar-refractivity contribution in [1.82, 2.24) is 24.4 Å². The van der Waals surface area contributed by atoms with Crippen LogP contribution in [0.25, 0.3) is 0 Å². The fraction of sp³-hybridized carbons (Fsp3) is 0.500. The summed E-state index contributed by atoms with van der Waals surface area (Å²) in [4.78, 5) is 12.4. The quantitative estimate of drug-likeness (QED) is 0.587. The maximum Gasteiger partial charge on any atom is 0.243 e. The van der Waals surface area contributed by atoms with Gasteiger partial charge in [-0.15, -0.1) is 10.2 Å². The lowest BCUT2D eigenvalue weighted by Gasteiger charge is -2.18. The zero-order chi connectivity index (χ0) is 20.7. The van der Waals surface area contributed by atoms with Crippen molar-refractivity contribution in [1.29, 1.82) is 0 Å². The molecule has 0 aliphatic heterocycles. The highest BCUT2D eigenvalue weighted by atomic mass is 32.2. The average molecular weight is 426 g/mol. The molecule has 1 N–H and O–H groups in total. The van der Waals surface area contributed by atoms with Crippen LogP contribution < -0.4 is 5.32 Å². The molecule has 0 bridgehead atoms. The Bertz CT molecular complexity index is 875. The van der Waals surface area contributed by atoms with Crippen molar-refractivity contribution in [2.45, 2.75) is 50.3 Å². The Balaban J connectivity index is 1.89. The second-order valence-electron chi connectivity index (χ2n) is 6.41. The van der Waals surface area contributed by atoms with E-state index >= 15 is 0 Å². The number of amides is 1. The van der Waals surface area contributed by atoms with Gasteiger partial charge in [-0.25, -0.2) is 8.42 Å². The van der Waals surface area contributed by atoms with E-state index in [1.807, 2.05) is 32.3 Å². The van der Waals surface area contributed by atoms with Gasteiger partial charge in [0, 0.05) is 25.7 Å². The van der Waals surface area contributed by atoms with Gasteiger partial charge in [-0.2, -0.15) is 4.31 Å². The van der Waals surface area contributed by atoms with Gasteiger partial charge in [-0.05, 0) is 31.5 Å². The summed E-state index contributed by atoms with van der Waals surface area (Å²) in [5.41, 5.74) is 0.835. The minimum Gasteiger partial charge on any atom is -0.351 e. The Morgan fingerprint density at radius 1 is 1.21 bits per heavy atom. The minimum atomic E-state index is -3.47. The number of carbonyl (C=O) groups is 1. The van der Waals surface area contributed by atoms with Crippen LogP contribution in [0, 0.1) is 0 Å². The summed E-state index contributed by atoms with van der Waals surface area (Å²) in [6.07, 6.45) is 1.65. The normalized spacial score (nSPS) is 11.9. The van der Waals surface area contributed by atoms with Gasteiger partial charge in [0.2, 0.25) is 15.9 Å². The second-order valence-corrected chi connectivity index (χ2v) is 9.29. The monoisotopic (exact) mass is 425 g/mol. The third-order valence-corrected chi connectivity index (χ3v) is 7.21. The molecule has 2 aromatic rings. The van der Waals surface area contributed by atoms with Crippen LogP contribution in [-0.4, -0.2) is 52.2 Å². The van der Waals surface area contributed by atoms with E-state index < -0.39 is 10.0 Å². The van der Waals surface area contributed by atoms with Crippen molar-refractivity contribution < 1.29 is 13.2 Å². The molecule has 28 heavy (non-hydrogen) atoms. The molecule has 1 aromatic heterocycles. The van der Waals surface area contributed by atoms with E-state index in [2.05, 4.69) is 15.5 Å². The predicted molar refractivity (Wildman–Crippen MR) is 110 cm³/mol. The van der Waals surface area contributed by atoms with Gasteiger partial charge < -0.3 is 9.88 Å². The highest BCUT2D eigenvalue weighted by Gasteiger charge is 2.21. The summed E-state index contributed by atoms with van der Waals surface area (Å²) < 4.78 is 28.3. The van der Waals surface area contributed by atoms with E-state index in [1.165, 1.54) is 16.1 Å². The minimum absolute atomic E-state index is 0.122. The highest BCUT2D eigenvalue weighted by molar-refractivity contribution is 7.99. The zero-order valence-electron chi connectivity index (χ0n) is 16.6. The molecule has 154 valence electrons. The van der Waals surface area contributed by atoms with Crippen molar-refractivity contribution in [2.24, 2.45) is 0 Å². The highest BCUT2D eigenvalue weighted by Crippen LogP contribution is 2.19. The smallest absolute Gasteiger partial charge is 0.243 e. The van der Waals surface area contributed by atoms with Crippen LogP contribution >= 0.6 is 11.8 Å². The molecule has 0 fully saturated rings. The summed E-state index contributed by atoms with van der Waals surface area (Å²) in [5.74, 6) is 0.114. The molecule has 1 heterocycles. The number of hydrogen-bond acceptors (Lipinski definition) is 6. The summed E-state index contributed by atoms with van der Waals surface area (Å²) in [7, 11) is -3.47. The maximum atomic E-state index is 12.5. The van der Waals surface area contributed by atoms with Crippen LogP contribution in [0.1, 0.15) is 39.3 Å². The Kier molecular flexibility index (Phi) is 8.02. The molecule has 0 atom stereocenters. The fourth-order valence-corrected chi connectivity index (χ4v) is 4.90. The van der Waals surface area contributed by atoms with Crippen molar-refractivity contribution in [3.05, 3.63) is 36.2 Å².